The zero-order valence-electron chi connectivity index (χ0n) is 22.1. The zero-order chi connectivity index (χ0) is 29.5. The number of anilines is 1. The third kappa shape index (κ3) is 6.46. The first-order chi connectivity index (χ1) is 18.5. The van der Waals surface area contributed by atoms with Crippen LogP contribution in [0.2, 0.25) is 0 Å². The molecular formula is C29H27F6N3O2. The van der Waals surface area contributed by atoms with Crippen molar-refractivity contribution in [3.8, 4) is 5.75 Å². The van der Waals surface area contributed by atoms with E-state index in [1.807, 2.05) is 26.0 Å². The molecule has 2 heterocycles. The molecule has 1 aromatic heterocycles. The number of ether oxygens (including phenoxy) is 1. The summed E-state index contributed by atoms with van der Waals surface area (Å²) in [5, 5.41) is 0. The number of carbonyl (C=O) groups is 1. The predicted molar refractivity (Wildman–Crippen MR) is 138 cm³/mol. The van der Waals surface area contributed by atoms with E-state index in [1.54, 1.807) is 32.0 Å². The quantitative estimate of drug-likeness (QED) is 0.286. The highest BCUT2D eigenvalue weighted by Crippen LogP contribution is 2.40. The third-order valence-corrected chi connectivity index (χ3v) is 6.65. The fourth-order valence-corrected chi connectivity index (χ4v) is 4.56. The molecule has 2 aromatic carbocycles. The number of alkyl halides is 6. The molecule has 11 heteroatoms. The van der Waals surface area contributed by atoms with Gasteiger partial charge in [-0.15, -0.1) is 13.2 Å². The highest BCUT2D eigenvalue weighted by Gasteiger charge is 2.41. The van der Waals surface area contributed by atoms with Crippen molar-refractivity contribution in [1.82, 2.24) is 4.98 Å². The lowest BCUT2D eigenvalue weighted by Crippen LogP contribution is -2.30. The fourth-order valence-electron chi connectivity index (χ4n) is 4.56. The molecule has 1 unspecified atom stereocenters. The van der Waals surface area contributed by atoms with Crippen molar-refractivity contribution in [3.05, 3.63) is 89.2 Å². The Morgan fingerprint density at radius 1 is 0.975 bits per heavy atom. The maximum atomic E-state index is 13.7. The molecule has 212 valence electrons. The molecule has 3 aromatic rings. The molecule has 0 spiro atoms. The van der Waals surface area contributed by atoms with Crippen LogP contribution in [0.25, 0.3) is 0 Å². The molecule has 5 nitrogen and oxygen atoms in total. The number of pyridine rings is 1. The first-order valence-corrected chi connectivity index (χ1v) is 12.5. The highest BCUT2D eigenvalue weighted by atomic mass is 19.4. The molecule has 1 aliphatic rings. The summed E-state index contributed by atoms with van der Waals surface area (Å²) in [6.07, 6.45) is -8.36. The average molecular weight is 564 g/mol. The van der Waals surface area contributed by atoms with Crippen molar-refractivity contribution in [2.24, 2.45) is 4.99 Å². The van der Waals surface area contributed by atoms with Crippen molar-refractivity contribution >= 4 is 17.3 Å². The molecule has 0 aliphatic carbocycles. The molecular weight excluding hydrogens is 536 g/mol. The van der Waals surface area contributed by atoms with Crippen LogP contribution in [0.4, 0.5) is 32.0 Å². The summed E-state index contributed by atoms with van der Waals surface area (Å²) in [5.74, 6) is -0.642. The van der Waals surface area contributed by atoms with Gasteiger partial charge in [0.1, 0.15) is 17.2 Å². The summed E-state index contributed by atoms with van der Waals surface area (Å²) in [6, 6.07) is 14.1. The molecule has 1 atom stereocenters. The Morgan fingerprint density at radius 2 is 1.65 bits per heavy atom. The standard InChI is InChI=1S/C29H27F6N3O2/c1-17(2)18-8-11-21(12-9-18)38-24(19-6-5-7-22(14-19)40-29(33,34)35)15-23(26(38)39)37-27(3,4)20-10-13-25(36-16-20)28(30,31)32/h5-14,16-17,24H,15H2,1-4H3. The number of benzene rings is 2. The van der Waals surface area contributed by atoms with Gasteiger partial charge in [0.15, 0.2) is 0 Å². The molecule has 1 saturated heterocycles. The second-order valence-corrected chi connectivity index (χ2v) is 10.3. The molecule has 1 amide bonds. The molecule has 1 fully saturated rings. The number of amides is 1. The number of carbonyl (C=O) groups excluding carboxylic acids is 1. The number of rotatable bonds is 6. The van der Waals surface area contributed by atoms with Crippen molar-refractivity contribution < 1.29 is 35.9 Å². The van der Waals surface area contributed by atoms with Gasteiger partial charge in [-0.05, 0) is 66.8 Å². The van der Waals surface area contributed by atoms with E-state index in [-0.39, 0.29) is 18.1 Å². The number of hydrogen-bond donors (Lipinski definition) is 0. The van der Waals surface area contributed by atoms with E-state index in [4.69, 9.17) is 0 Å². The Bertz CT molecular complexity index is 1400. The van der Waals surface area contributed by atoms with E-state index in [0.717, 1.165) is 17.8 Å². The molecule has 0 radical (unpaired) electrons. The fraction of sp³-hybridized carbons (Fsp3) is 0.345. The normalized spacial score (nSPS) is 17.7. The van der Waals surface area contributed by atoms with Crippen molar-refractivity contribution in [1.29, 1.82) is 0 Å². The first-order valence-electron chi connectivity index (χ1n) is 12.5. The maximum absolute atomic E-state index is 13.7. The zero-order valence-corrected chi connectivity index (χ0v) is 22.1. The van der Waals surface area contributed by atoms with Gasteiger partial charge in [-0.1, -0.05) is 44.2 Å². The summed E-state index contributed by atoms with van der Waals surface area (Å²) in [6.45, 7) is 7.33. The van der Waals surface area contributed by atoms with Crippen molar-refractivity contribution in [2.45, 2.75) is 64.2 Å². The van der Waals surface area contributed by atoms with Gasteiger partial charge in [0.05, 0.1) is 11.6 Å². The lowest BCUT2D eigenvalue weighted by atomic mass is 9.95. The van der Waals surface area contributed by atoms with Gasteiger partial charge in [-0.3, -0.25) is 19.7 Å². The van der Waals surface area contributed by atoms with Gasteiger partial charge in [-0.25, -0.2) is 0 Å². The second-order valence-electron chi connectivity index (χ2n) is 10.3. The topological polar surface area (TPSA) is 54.8 Å². The third-order valence-electron chi connectivity index (χ3n) is 6.65. The van der Waals surface area contributed by atoms with Crippen LogP contribution >= 0.6 is 0 Å². The first kappa shape index (κ1) is 29.1. The smallest absolute Gasteiger partial charge is 0.406 e. The Hall–Kier alpha value is -3.89. The summed E-state index contributed by atoms with van der Waals surface area (Å²) in [7, 11) is 0. The van der Waals surface area contributed by atoms with E-state index >= 15 is 0 Å². The molecule has 0 saturated carbocycles. The Morgan fingerprint density at radius 3 is 2.20 bits per heavy atom. The maximum Gasteiger partial charge on any atom is 0.573 e. The van der Waals surface area contributed by atoms with Gasteiger partial charge in [0.2, 0.25) is 0 Å². The summed E-state index contributed by atoms with van der Waals surface area (Å²) >= 11 is 0. The Balaban J connectivity index is 1.74. The van der Waals surface area contributed by atoms with Gasteiger partial charge >= 0.3 is 12.5 Å². The van der Waals surface area contributed by atoms with Gasteiger partial charge in [-0.2, -0.15) is 13.2 Å². The van der Waals surface area contributed by atoms with Crippen LogP contribution in [0.3, 0.4) is 0 Å². The SMILES string of the molecule is CC(C)c1ccc(N2C(=O)C(=NC(C)(C)c3ccc(C(F)(F)F)nc3)CC2c2cccc(OC(F)(F)F)c2)cc1. The number of aromatic nitrogens is 1. The lowest BCUT2D eigenvalue weighted by molar-refractivity contribution is -0.274. The highest BCUT2D eigenvalue weighted by molar-refractivity contribution is 6.46. The molecule has 40 heavy (non-hydrogen) atoms. The minimum atomic E-state index is -4.89. The average Bonchev–Trinajstić information content (AvgIpc) is 3.18. The van der Waals surface area contributed by atoms with Crippen LogP contribution in [-0.2, 0) is 16.5 Å². The number of halogens is 6. The van der Waals surface area contributed by atoms with Gasteiger partial charge in [0.25, 0.3) is 5.91 Å². The lowest BCUT2D eigenvalue weighted by Gasteiger charge is -2.25. The minimum absolute atomic E-state index is 0.0533. The van der Waals surface area contributed by atoms with E-state index < -0.39 is 41.5 Å². The van der Waals surface area contributed by atoms with Crippen molar-refractivity contribution in [3.63, 3.8) is 0 Å². The van der Waals surface area contributed by atoms with E-state index in [9.17, 15) is 31.1 Å². The Kier molecular flexibility index (Phi) is 7.70. The molecule has 0 bridgehead atoms. The molecule has 1 aliphatic heterocycles. The molecule has 4 rings (SSSR count). The Labute approximate surface area is 227 Å². The summed E-state index contributed by atoms with van der Waals surface area (Å²) in [4.78, 5) is 23.3. The largest absolute Gasteiger partial charge is 0.573 e. The van der Waals surface area contributed by atoms with Crippen LogP contribution in [0.15, 0.2) is 71.9 Å². The predicted octanol–water partition coefficient (Wildman–Crippen LogP) is 7.98. The van der Waals surface area contributed by atoms with Crippen LogP contribution in [0, 0.1) is 0 Å². The minimum Gasteiger partial charge on any atom is -0.406 e. The number of aliphatic imine (C=N–C) groups is 1. The monoisotopic (exact) mass is 563 g/mol. The summed E-state index contributed by atoms with van der Waals surface area (Å²) < 4.78 is 81.7. The van der Waals surface area contributed by atoms with Crippen LogP contribution in [-0.4, -0.2) is 23.0 Å². The van der Waals surface area contributed by atoms with Crippen LogP contribution in [0.5, 0.6) is 5.75 Å². The van der Waals surface area contributed by atoms with Crippen LogP contribution in [0.1, 0.15) is 68.5 Å². The number of hydrogen-bond acceptors (Lipinski definition) is 4. The van der Waals surface area contributed by atoms with Crippen LogP contribution < -0.4 is 9.64 Å². The number of nitrogens with zero attached hydrogens (tertiary/aromatic N) is 3. The van der Waals surface area contributed by atoms with E-state index in [2.05, 4.69) is 14.7 Å². The summed E-state index contributed by atoms with van der Waals surface area (Å²) in [5.41, 5.74) is 0.294. The van der Waals surface area contributed by atoms with Gasteiger partial charge < -0.3 is 4.74 Å². The van der Waals surface area contributed by atoms with Crippen molar-refractivity contribution in [2.75, 3.05) is 4.90 Å². The van der Waals surface area contributed by atoms with Gasteiger partial charge in [0, 0.05) is 18.3 Å². The van der Waals surface area contributed by atoms with E-state index in [0.29, 0.717) is 16.8 Å². The van der Waals surface area contributed by atoms with E-state index in [1.165, 1.54) is 29.2 Å². The second kappa shape index (κ2) is 10.6. The molecule has 0 N–H and O–H groups in total.